The highest BCUT2D eigenvalue weighted by Gasteiger charge is 2.30. The normalized spacial score (nSPS) is 16.9. The summed E-state index contributed by atoms with van der Waals surface area (Å²) in [6.07, 6.45) is 2.77. The highest BCUT2D eigenvalue weighted by Crippen LogP contribution is 2.23. The van der Waals surface area contributed by atoms with E-state index in [4.69, 9.17) is 16.3 Å². The number of aryl methyl sites for hydroxylation is 1. The molecule has 0 bridgehead atoms. The average Bonchev–Trinajstić information content (AvgIpc) is 2.58. The molecule has 1 saturated heterocycles. The maximum atomic E-state index is 12.7. The fraction of sp³-hybridized carbons (Fsp3) is 0.353. The Morgan fingerprint density at radius 2 is 1.79 bits per heavy atom. The smallest absolute Gasteiger partial charge is 0.243 e. The molecular formula is C17H19ClN2O3S. The lowest BCUT2D eigenvalue weighted by molar-refractivity contribution is 0.130. The van der Waals surface area contributed by atoms with Crippen molar-refractivity contribution in [1.82, 2.24) is 9.29 Å². The van der Waals surface area contributed by atoms with Crippen molar-refractivity contribution >= 4 is 21.6 Å². The maximum absolute atomic E-state index is 12.7. The van der Waals surface area contributed by atoms with Crippen molar-refractivity contribution in [3.8, 4) is 5.88 Å². The summed E-state index contributed by atoms with van der Waals surface area (Å²) < 4.78 is 32.6. The number of rotatable bonds is 4. The third kappa shape index (κ3) is 3.88. The predicted octanol–water partition coefficient (Wildman–Crippen LogP) is 3.28. The van der Waals surface area contributed by atoms with E-state index >= 15 is 0 Å². The highest BCUT2D eigenvalue weighted by molar-refractivity contribution is 7.89. The lowest BCUT2D eigenvalue weighted by Gasteiger charge is -2.31. The van der Waals surface area contributed by atoms with E-state index < -0.39 is 10.0 Å². The van der Waals surface area contributed by atoms with E-state index in [0.29, 0.717) is 41.7 Å². The zero-order valence-electron chi connectivity index (χ0n) is 13.4. The first-order valence-electron chi connectivity index (χ1n) is 7.80. The van der Waals surface area contributed by atoms with Crippen molar-refractivity contribution < 1.29 is 13.2 Å². The van der Waals surface area contributed by atoms with Crippen LogP contribution in [-0.2, 0) is 10.0 Å². The summed E-state index contributed by atoms with van der Waals surface area (Å²) in [5.74, 6) is 0.513. The minimum absolute atomic E-state index is 0.0388. The van der Waals surface area contributed by atoms with E-state index in [9.17, 15) is 8.42 Å². The van der Waals surface area contributed by atoms with Crippen LogP contribution in [0.4, 0.5) is 0 Å². The third-order valence-electron chi connectivity index (χ3n) is 4.05. The molecule has 0 atom stereocenters. The highest BCUT2D eigenvalue weighted by atomic mass is 35.5. The van der Waals surface area contributed by atoms with Gasteiger partial charge in [0.2, 0.25) is 15.9 Å². The summed E-state index contributed by atoms with van der Waals surface area (Å²) in [5, 5.41) is 0.557. The number of ether oxygens (including phenoxy) is 1. The van der Waals surface area contributed by atoms with Crippen LogP contribution in [-0.4, -0.2) is 36.9 Å². The van der Waals surface area contributed by atoms with Gasteiger partial charge in [0.1, 0.15) is 6.10 Å². The Morgan fingerprint density at radius 3 is 2.38 bits per heavy atom. The van der Waals surface area contributed by atoms with Gasteiger partial charge in [0, 0.05) is 25.4 Å². The van der Waals surface area contributed by atoms with Gasteiger partial charge in [-0.05, 0) is 38.0 Å². The van der Waals surface area contributed by atoms with E-state index in [-0.39, 0.29) is 6.10 Å². The molecule has 1 aromatic heterocycles. The molecule has 128 valence electrons. The summed E-state index contributed by atoms with van der Waals surface area (Å²) in [5.41, 5.74) is 1.04. The Balaban J connectivity index is 1.62. The minimum Gasteiger partial charge on any atom is -0.474 e. The number of sulfonamides is 1. The zero-order chi connectivity index (χ0) is 17.2. The number of aromatic nitrogens is 1. The summed E-state index contributed by atoms with van der Waals surface area (Å²) in [6, 6.07) is 10.4. The first-order valence-corrected chi connectivity index (χ1v) is 9.62. The molecule has 24 heavy (non-hydrogen) atoms. The topological polar surface area (TPSA) is 59.5 Å². The van der Waals surface area contributed by atoms with Gasteiger partial charge in [0.05, 0.1) is 9.92 Å². The molecule has 3 rings (SSSR count). The second-order valence-electron chi connectivity index (χ2n) is 5.85. The molecule has 2 heterocycles. The van der Waals surface area contributed by atoms with Crippen molar-refractivity contribution in [3.63, 3.8) is 0 Å². The fourth-order valence-corrected chi connectivity index (χ4v) is 4.23. The van der Waals surface area contributed by atoms with Crippen LogP contribution < -0.4 is 4.74 Å². The molecular weight excluding hydrogens is 348 g/mol. The van der Waals surface area contributed by atoms with E-state index in [1.54, 1.807) is 24.3 Å². The number of hydrogen-bond acceptors (Lipinski definition) is 4. The Morgan fingerprint density at radius 1 is 1.12 bits per heavy atom. The van der Waals surface area contributed by atoms with Gasteiger partial charge in [-0.15, -0.1) is 0 Å². The molecule has 5 nitrogen and oxygen atoms in total. The minimum atomic E-state index is -3.44. The van der Waals surface area contributed by atoms with Gasteiger partial charge < -0.3 is 4.74 Å². The standard InChI is InChI=1S/C17H19ClN2O3S/c1-13-2-5-16(6-3-13)24(21,22)20-10-8-15(9-11-20)23-17-7-4-14(18)12-19-17/h2-7,12,15H,8-11H2,1H3. The predicted molar refractivity (Wildman–Crippen MR) is 92.8 cm³/mol. The van der Waals surface area contributed by atoms with Gasteiger partial charge in [-0.3, -0.25) is 0 Å². The molecule has 7 heteroatoms. The van der Waals surface area contributed by atoms with E-state index in [0.717, 1.165) is 5.56 Å². The van der Waals surface area contributed by atoms with Crippen LogP contribution in [0.25, 0.3) is 0 Å². The lowest BCUT2D eigenvalue weighted by Crippen LogP contribution is -2.41. The van der Waals surface area contributed by atoms with Crippen molar-refractivity contribution in [2.24, 2.45) is 0 Å². The Labute approximate surface area is 147 Å². The van der Waals surface area contributed by atoms with Crippen molar-refractivity contribution in [2.45, 2.75) is 30.8 Å². The molecule has 1 aliphatic rings. The van der Waals surface area contributed by atoms with E-state index in [2.05, 4.69) is 4.98 Å². The fourth-order valence-electron chi connectivity index (χ4n) is 2.65. The molecule has 1 aliphatic heterocycles. The molecule has 1 aromatic carbocycles. The van der Waals surface area contributed by atoms with Gasteiger partial charge in [-0.2, -0.15) is 4.31 Å². The lowest BCUT2D eigenvalue weighted by atomic mass is 10.1. The van der Waals surface area contributed by atoms with Gasteiger partial charge >= 0.3 is 0 Å². The van der Waals surface area contributed by atoms with Crippen molar-refractivity contribution in [1.29, 1.82) is 0 Å². The molecule has 0 spiro atoms. The average molecular weight is 367 g/mol. The first-order chi connectivity index (χ1) is 11.4. The molecule has 2 aromatic rings. The molecule has 0 saturated carbocycles. The number of pyridine rings is 1. The summed E-state index contributed by atoms with van der Waals surface area (Å²) in [6.45, 7) is 2.81. The summed E-state index contributed by atoms with van der Waals surface area (Å²) >= 11 is 5.80. The first kappa shape index (κ1) is 17.2. The van der Waals surface area contributed by atoms with Crippen LogP contribution in [0.5, 0.6) is 5.88 Å². The van der Waals surface area contributed by atoms with Crippen LogP contribution in [0.15, 0.2) is 47.5 Å². The Hall–Kier alpha value is -1.63. The van der Waals surface area contributed by atoms with Crippen LogP contribution in [0.2, 0.25) is 5.02 Å². The maximum Gasteiger partial charge on any atom is 0.243 e. The second kappa shape index (κ2) is 7.09. The monoisotopic (exact) mass is 366 g/mol. The van der Waals surface area contributed by atoms with Crippen molar-refractivity contribution in [3.05, 3.63) is 53.2 Å². The number of hydrogen-bond donors (Lipinski definition) is 0. The third-order valence-corrected chi connectivity index (χ3v) is 6.18. The largest absolute Gasteiger partial charge is 0.474 e. The molecule has 0 N–H and O–H groups in total. The van der Waals surface area contributed by atoms with Crippen LogP contribution in [0.1, 0.15) is 18.4 Å². The number of piperidine rings is 1. The van der Waals surface area contributed by atoms with Crippen LogP contribution in [0, 0.1) is 6.92 Å². The Kier molecular flexibility index (Phi) is 5.08. The molecule has 0 amide bonds. The number of halogens is 1. The molecule has 0 unspecified atom stereocenters. The van der Waals surface area contributed by atoms with Crippen molar-refractivity contribution in [2.75, 3.05) is 13.1 Å². The van der Waals surface area contributed by atoms with Gasteiger partial charge in [0.25, 0.3) is 0 Å². The van der Waals surface area contributed by atoms with Gasteiger partial charge in [0.15, 0.2) is 0 Å². The second-order valence-corrected chi connectivity index (χ2v) is 8.22. The van der Waals surface area contributed by atoms with Gasteiger partial charge in [-0.25, -0.2) is 13.4 Å². The van der Waals surface area contributed by atoms with Gasteiger partial charge in [-0.1, -0.05) is 29.3 Å². The van der Waals surface area contributed by atoms with E-state index in [1.807, 2.05) is 19.1 Å². The SMILES string of the molecule is Cc1ccc(S(=O)(=O)N2CCC(Oc3ccc(Cl)cn3)CC2)cc1. The number of benzene rings is 1. The van der Waals surface area contributed by atoms with Crippen LogP contribution in [0.3, 0.4) is 0 Å². The van der Waals surface area contributed by atoms with E-state index in [1.165, 1.54) is 10.5 Å². The summed E-state index contributed by atoms with van der Waals surface area (Å²) in [4.78, 5) is 4.45. The number of nitrogens with zero attached hydrogens (tertiary/aromatic N) is 2. The van der Waals surface area contributed by atoms with Crippen LogP contribution >= 0.6 is 11.6 Å². The molecule has 0 radical (unpaired) electrons. The molecule has 1 fully saturated rings. The molecule has 0 aliphatic carbocycles. The quantitative estimate of drug-likeness (QED) is 0.833. The summed E-state index contributed by atoms with van der Waals surface area (Å²) in [7, 11) is -3.44. The Bertz CT molecular complexity index is 784. The zero-order valence-corrected chi connectivity index (χ0v) is 14.9.